The van der Waals surface area contributed by atoms with E-state index in [1.807, 2.05) is 18.2 Å². The van der Waals surface area contributed by atoms with E-state index < -0.39 is 0 Å². The van der Waals surface area contributed by atoms with Crippen LogP contribution in [0.1, 0.15) is 29.0 Å². The third kappa shape index (κ3) is 4.26. The summed E-state index contributed by atoms with van der Waals surface area (Å²) in [6, 6.07) is 9.25. The number of hydrogen-bond acceptors (Lipinski definition) is 5. The highest BCUT2D eigenvalue weighted by atomic mass is 16.5. The van der Waals surface area contributed by atoms with Crippen molar-refractivity contribution in [2.24, 2.45) is 0 Å². The lowest BCUT2D eigenvalue weighted by Crippen LogP contribution is -2.45. The van der Waals surface area contributed by atoms with E-state index >= 15 is 0 Å². The zero-order chi connectivity index (χ0) is 16.8. The number of aromatic nitrogens is 2. The Balaban J connectivity index is 1.53. The molecule has 0 aliphatic carbocycles. The molecule has 1 aliphatic heterocycles. The Bertz CT molecular complexity index is 680. The molecule has 7 nitrogen and oxygen atoms in total. The molecule has 1 saturated heterocycles. The van der Waals surface area contributed by atoms with Crippen LogP contribution in [0.5, 0.6) is 11.5 Å². The van der Waals surface area contributed by atoms with Gasteiger partial charge in [0.2, 0.25) is 0 Å². The number of rotatable bonds is 6. The molecule has 3 rings (SSSR count). The molecule has 1 amide bonds. The standard InChI is InChI=1S/C17H22N4O3/c1-23-14-5-2-6-15(9-14)24-11-13-8-16(21-20-13)17(22)19-12-4-3-7-18-10-12/h2,5-6,8-9,12,18H,3-4,7,10-11H2,1H3,(H,19,22)(H,20,21)/t12-/m0/s1. The maximum atomic E-state index is 12.2. The van der Waals surface area contributed by atoms with E-state index in [9.17, 15) is 4.79 Å². The van der Waals surface area contributed by atoms with Crippen LogP contribution in [-0.2, 0) is 6.61 Å². The van der Waals surface area contributed by atoms with Crippen molar-refractivity contribution in [2.75, 3.05) is 20.2 Å². The number of methoxy groups -OCH3 is 1. The van der Waals surface area contributed by atoms with Crippen molar-refractivity contribution in [3.05, 3.63) is 41.7 Å². The second kappa shape index (κ2) is 7.83. The van der Waals surface area contributed by atoms with Crippen LogP contribution in [0.3, 0.4) is 0 Å². The van der Waals surface area contributed by atoms with E-state index in [0.717, 1.165) is 37.4 Å². The fourth-order valence-electron chi connectivity index (χ4n) is 2.64. The third-order valence-corrected chi connectivity index (χ3v) is 3.93. The summed E-state index contributed by atoms with van der Waals surface area (Å²) in [5.41, 5.74) is 1.12. The first-order valence-corrected chi connectivity index (χ1v) is 8.07. The van der Waals surface area contributed by atoms with Crippen molar-refractivity contribution >= 4 is 5.91 Å². The maximum Gasteiger partial charge on any atom is 0.272 e. The number of amides is 1. The number of hydrogen-bond donors (Lipinski definition) is 3. The van der Waals surface area contributed by atoms with Gasteiger partial charge in [0.1, 0.15) is 23.8 Å². The number of piperidine rings is 1. The summed E-state index contributed by atoms with van der Waals surface area (Å²) in [7, 11) is 1.61. The minimum Gasteiger partial charge on any atom is -0.497 e. The van der Waals surface area contributed by atoms with Crippen LogP contribution >= 0.6 is 0 Å². The summed E-state index contributed by atoms with van der Waals surface area (Å²) in [6.07, 6.45) is 2.07. The smallest absolute Gasteiger partial charge is 0.272 e. The summed E-state index contributed by atoms with van der Waals surface area (Å²) in [4.78, 5) is 12.2. The summed E-state index contributed by atoms with van der Waals surface area (Å²) in [5, 5.41) is 13.2. The highest BCUT2D eigenvalue weighted by Crippen LogP contribution is 2.19. The quantitative estimate of drug-likeness (QED) is 0.747. The summed E-state index contributed by atoms with van der Waals surface area (Å²) < 4.78 is 10.8. The fourth-order valence-corrected chi connectivity index (χ4v) is 2.64. The predicted molar refractivity (Wildman–Crippen MR) is 89.3 cm³/mol. The van der Waals surface area contributed by atoms with Crippen molar-refractivity contribution in [1.82, 2.24) is 20.8 Å². The molecule has 1 aromatic heterocycles. The number of nitrogens with one attached hydrogen (secondary N) is 3. The van der Waals surface area contributed by atoms with Crippen LogP contribution in [0.15, 0.2) is 30.3 Å². The van der Waals surface area contributed by atoms with E-state index in [1.165, 1.54) is 0 Å². The zero-order valence-electron chi connectivity index (χ0n) is 13.7. The number of carbonyl (C=O) groups excluding carboxylic acids is 1. The van der Waals surface area contributed by atoms with Crippen molar-refractivity contribution in [3.8, 4) is 11.5 Å². The van der Waals surface area contributed by atoms with E-state index in [4.69, 9.17) is 9.47 Å². The SMILES string of the molecule is COc1cccc(OCc2cc(C(=O)N[C@H]3CCCNC3)n[nH]2)c1. The van der Waals surface area contributed by atoms with Crippen LogP contribution in [0, 0.1) is 0 Å². The lowest BCUT2D eigenvalue weighted by atomic mass is 10.1. The molecule has 1 atom stereocenters. The first-order chi connectivity index (χ1) is 11.7. The van der Waals surface area contributed by atoms with Gasteiger partial charge in [-0.2, -0.15) is 5.10 Å². The van der Waals surface area contributed by atoms with Gasteiger partial charge in [-0.1, -0.05) is 6.07 Å². The second-order valence-electron chi connectivity index (χ2n) is 5.76. The molecule has 2 aromatic rings. The maximum absolute atomic E-state index is 12.2. The minimum atomic E-state index is -0.160. The highest BCUT2D eigenvalue weighted by Gasteiger charge is 2.18. The van der Waals surface area contributed by atoms with Gasteiger partial charge in [0.05, 0.1) is 12.8 Å². The molecule has 2 heterocycles. The molecule has 128 valence electrons. The average molecular weight is 330 g/mol. The van der Waals surface area contributed by atoms with Crippen molar-refractivity contribution in [3.63, 3.8) is 0 Å². The Morgan fingerprint density at radius 1 is 1.38 bits per heavy atom. The number of carbonyl (C=O) groups is 1. The third-order valence-electron chi connectivity index (χ3n) is 3.93. The average Bonchev–Trinajstić information content (AvgIpc) is 3.10. The molecule has 1 aliphatic rings. The fraction of sp³-hybridized carbons (Fsp3) is 0.412. The number of H-pyrrole nitrogens is 1. The van der Waals surface area contributed by atoms with Crippen LogP contribution in [0.4, 0.5) is 0 Å². The summed E-state index contributed by atoms with van der Waals surface area (Å²) in [6.45, 7) is 2.13. The van der Waals surface area contributed by atoms with Crippen molar-refractivity contribution in [2.45, 2.75) is 25.5 Å². The predicted octanol–water partition coefficient (Wildman–Crippen LogP) is 1.48. The lowest BCUT2D eigenvalue weighted by molar-refractivity contribution is 0.0925. The van der Waals surface area contributed by atoms with Gasteiger partial charge in [-0.05, 0) is 37.6 Å². The first kappa shape index (κ1) is 16.3. The van der Waals surface area contributed by atoms with Crippen LogP contribution in [-0.4, -0.2) is 42.3 Å². The number of ether oxygens (including phenoxy) is 2. The molecule has 24 heavy (non-hydrogen) atoms. The molecule has 0 radical (unpaired) electrons. The van der Waals surface area contributed by atoms with E-state index in [-0.39, 0.29) is 11.9 Å². The molecule has 7 heteroatoms. The molecular formula is C17H22N4O3. The molecule has 0 unspecified atom stereocenters. The van der Waals surface area contributed by atoms with Gasteiger partial charge in [-0.15, -0.1) is 0 Å². The zero-order valence-corrected chi connectivity index (χ0v) is 13.7. The van der Waals surface area contributed by atoms with Gasteiger partial charge in [0.25, 0.3) is 5.91 Å². The van der Waals surface area contributed by atoms with Gasteiger partial charge >= 0.3 is 0 Å². The first-order valence-electron chi connectivity index (χ1n) is 8.07. The molecule has 1 fully saturated rings. The highest BCUT2D eigenvalue weighted by molar-refractivity contribution is 5.92. The molecule has 0 spiro atoms. The van der Waals surface area contributed by atoms with Crippen molar-refractivity contribution in [1.29, 1.82) is 0 Å². The van der Waals surface area contributed by atoms with Gasteiger partial charge < -0.3 is 20.1 Å². The van der Waals surface area contributed by atoms with Crippen LogP contribution < -0.4 is 20.1 Å². The normalized spacial score (nSPS) is 17.3. The van der Waals surface area contributed by atoms with Gasteiger partial charge in [-0.25, -0.2) is 0 Å². The van der Waals surface area contributed by atoms with E-state index in [1.54, 1.807) is 19.2 Å². The topological polar surface area (TPSA) is 88.3 Å². The molecular weight excluding hydrogens is 308 g/mol. The van der Waals surface area contributed by atoms with Gasteiger partial charge in [-0.3, -0.25) is 9.89 Å². The van der Waals surface area contributed by atoms with Crippen LogP contribution in [0.2, 0.25) is 0 Å². The Kier molecular flexibility index (Phi) is 5.32. The molecule has 0 bridgehead atoms. The lowest BCUT2D eigenvalue weighted by Gasteiger charge is -2.23. The monoisotopic (exact) mass is 330 g/mol. The van der Waals surface area contributed by atoms with E-state index in [0.29, 0.717) is 18.1 Å². The summed E-state index contributed by atoms with van der Waals surface area (Å²) >= 11 is 0. The molecule has 3 N–H and O–H groups in total. The Hall–Kier alpha value is -2.54. The molecule has 0 saturated carbocycles. The number of benzene rings is 1. The van der Waals surface area contributed by atoms with Crippen molar-refractivity contribution < 1.29 is 14.3 Å². The van der Waals surface area contributed by atoms with E-state index in [2.05, 4.69) is 20.8 Å². The molecule has 1 aromatic carbocycles. The number of nitrogens with zero attached hydrogens (tertiary/aromatic N) is 1. The van der Waals surface area contributed by atoms with Gasteiger partial charge in [0, 0.05) is 18.7 Å². The van der Waals surface area contributed by atoms with Gasteiger partial charge in [0.15, 0.2) is 0 Å². The minimum absolute atomic E-state index is 0.160. The number of aromatic amines is 1. The summed E-state index contributed by atoms with van der Waals surface area (Å²) in [5.74, 6) is 1.27. The largest absolute Gasteiger partial charge is 0.497 e. The Morgan fingerprint density at radius 3 is 3.04 bits per heavy atom. The Morgan fingerprint density at radius 2 is 2.25 bits per heavy atom. The van der Waals surface area contributed by atoms with Crippen LogP contribution in [0.25, 0.3) is 0 Å². The Labute approximate surface area is 140 Å². The second-order valence-corrected chi connectivity index (χ2v) is 5.76.